The second-order valence-corrected chi connectivity index (χ2v) is 5.90. The molecule has 0 aliphatic carbocycles. The summed E-state index contributed by atoms with van der Waals surface area (Å²) in [7, 11) is 3.24. The molecule has 9 nitrogen and oxygen atoms in total. The Morgan fingerprint density at radius 2 is 2.08 bits per heavy atom. The lowest BCUT2D eigenvalue weighted by Gasteiger charge is -2.09. The van der Waals surface area contributed by atoms with Gasteiger partial charge in [0, 0.05) is 25.2 Å². The molecule has 0 spiro atoms. The van der Waals surface area contributed by atoms with Gasteiger partial charge in [-0.3, -0.25) is 10.1 Å². The number of aromatic nitrogens is 4. The number of anilines is 2. The van der Waals surface area contributed by atoms with Gasteiger partial charge in [-0.15, -0.1) is 5.10 Å². The van der Waals surface area contributed by atoms with Crippen molar-refractivity contribution >= 4 is 34.3 Å². The van der Waals surface area contributed by atoms with Crippen LogP contribution in [0.15, 0.2) is 30.5 Å². The summed E-state index contributed by atoms with van der Waals surface area (Å²) in [4.78, 5) is 28.4. The van der Waals surface area contributed by atoms with Crippen LogP contribution >= 0.6 is 0 Å². The van der Waals surface area contributed by atoms with Gasteiger partial charge in [-0.25, -0.2) is 9.48 Å². The van der Waals surface area contributed by atoms with Gasteiger partial charge >= 0.3 is 6.03 Å². The summed E-state index contributed by atoms with van der Waals surface area (Å²) in [6.07, 6.45) is 1.50. The highest BCUT2D eigenvalue weighted by atomic mass is 16.2. The number of benzene rings is 1. The smallest absolute Gasteiger partial charge is 0.322 e. The van der Waals surface area contributed by atoms with Crippen molar-refractivity contribution in [3.05, 3.63) is 36.2 Å². The fourth-order valence-corrected chi connectivity index (χ4v) is 2.39. The van der Waals surface area contributed by atoms with Gasteiger partial charge in [0.1, 0.15) is 6.54 Å². The molecule has 2 aromatic heterocycles. The average Bonchev–Trinajstić information content (AvgIpc) is 3.13. The summed E-state index contributed by atoms with van der Waals surface area (Å²) >= 11 is 0. The molecule has 0 aliphatic rings. The lowest BCUT2D eigenvalue weighted by molar-refractivity contribution is -0.116. The maximum atomic E-state index is 12.3. The predicted octanol–water partition coefficient (Wildman–Crippen LogP) is 1.80. The second-order valence-electron chi connectivity index (χ2n) is 5.90. The van der Waals surface area contributed by atoms with Crippen molar-refractivity contribution in [2.75, 3.05) is 24.7 Å². The molecule has 3 aromatic rings. The lowest BCUT2D eigenvalue weighted by Crippen LogP contribution is -2.27. The number of amides is 3. The first-order valence-electron chi connectivity index (χ1n) is 7.69. The average molecular weight is 341 g/mol. The standard InChI is InChI=1S/C16H19N7O2/c1-10-7-11-5-4-6-12(15(11)17-10)18-14(24)9-23-8-13(20-21-23)19-16(25)22(2)3/h4-8,17H,9H2,1-3H3,(H,18,24)(H,19,25). The molecule has 1 aromatic carbocycles. The Kier molecular flexibility index (Phi) is 4.38. The van der Waals surface area contributed by atoms with E-state index in [2.05, 4.69) is 25.9 Å². The number of carbonyl (C=O) groups is 2. The van der Waals surface area contributed by atoms with Gasteiger partial charge < -0.3 is 15.2 Å². The highest BCUT2D eigenvalue weighted by Crippen LogP contribution is 2.23. The molecule has 2 heterocycles. The molecule has 3 rings (SSSR count). The SMILES string of the molecule is Cc1cc2cccc(NC(=O)Cn3cc(NC(=O)N(C)C)nn3)c2[nH]1. The van der Waals surface area contributed by atoms with Crippen molar-refractivity contribution in [1.82, 2.24) is 24.9 Å². The number of carbonyl (C=O) groups excluding carboxylic acids is 2. The number of hydrogen-bond acceptors (Lipinski definition) is 4. The molecule has 0 aliphatic heterocycles. The van der Waals surface area contributed by atoms with Gasteiger partial charge in [0.15, 0.2) is 5.82 Å². The summed E-state index contributed by atoms with van der Waals surface area (Å²) in [5, 5.41) is 14.1. The van der Waals surface area contributed by atoms with Crippen molar-refractivity contribution in [2.45, 2.75) is 13.5 Å². The zero-order valence-electron chi connectivity index (χ0n) is 14.2. The third kappa shape index (κ3) is 3.77. The summed E-state index contributed by atoms with van der Waals surface area (Å²) in [5.74, 6) is 0.0451. The van der Waals surface area contributed by atoms with E-state index in [4.69, 9.17) is 0 Å². The van der Waals surface area contributed by atoms with Crippen molar-refractivity contribution < 1.29 is 9.59 Å². The summed E-state index contributed by atoms with van der Waals surface area (Å²) < 4.78 is 1.36. The third-order valence-corrected chi connectivity index (χ3v) is 3.55. The Morgan fingerprint density at radius 1 is 1.28 bits per heavy atom. The van der Waals surface area contributed by atoms with Gasteiger partial charge in [0.05, 0.1) is 17.4 Å². The number of nitrogens with one attached hydrogen (secondary N) is 3. The van der Waals surface area contributed by atoms with E-state index >= 15 is 0 Å². The maximum absolute atomic E-state index is 12.3. The van der Waals surface area contributed by atoms with Gasteiger partial charge in [-0.2, -0.15) is 0 Å². The van der Waals surface area contributed by atoms with Crippen LogP contribution in [0, 0.1) is 6.92 Å². The first kappa shape index (κ1) is 16.5. The first-order valence-corrected chi connectivity index (χ1v) is 7.69. The van der Waals surface area contributed by atoms with Crippen LogP contribution in [-0.4, -0.2) is 50.9 Å². The highest BCUT2D eigenvalue weighted by molar-refractivity contribution is 6.00. The van der Waals surface area contributed by atoms with Crippen molar-refractivity contribution in [2.24, 2.45) is 0 Å². The topological polar surface area (TPSA) is 108 Å². The van der Waals surface area contributed by atoms with E-state index in [1.807, 2.05) is 31.2 Å². The van der Waals surface area contributed by atoms with Crippen molar-refractivity contribution in [1.29, 1.82) is 0 Å². The second kappa shape index (κ2) is 6.63. The van der Waals surface area contributed by atoms with Crippen molar-refractivity contribution in [3.8, 4) is 0 Å². The Morgan fingerprint density at radius 3 is 2.84 bits per heavy atom. The summed E-state index contributed by atoms with van der Waals surface area (Å²) in [5.41, 5.74) is 2.61. The van der Waals surface area contributed by atoms with E-state index < -0.39 is 0 Å². The Labute approximate surface area is 144 Å². The number of aryl methyl sites for hydroxylation is 1. The molecule has 0 saturated carbocycles. The van der Waals surface area contributed by atoms with E-state index in [1.54, 1.807) is 14.1 Å². The molecule has 0 fully saturated rings. The van der Waals surface area contributed by atoms with Crippen LogP contribution in [-0.2, 0) is 11.3 Å². The molecule has 0 radical (unpaired) electrons. The molecule has 0 saturated heterocycles. The highest BCUT2D eigenvalue weighted by Gasteiger charge is 2.11. The number of fused-ring (bicyclic) bond motifs is 1. The van der Waals surface area contributed by atoms with Crippen LogP contribution in [0.2, 0.25) is 0 Å². The van der Waals surface area contributed by atoms with Crippen LogP contribution < -0.4 is 10.6 Å². The normalized spacial score (nSPS) is 10.7. The van der Waals surface area contributed by atoms with Crippen LogP contribution in [0.5, 0.6) is 0 Å². The number of para-hydroxylation sites is 1. The minimum absolute atomic E-state index is 0.0130. The molecule has 130 valence electrons. The van der Waals surface area contributed by atoms with Gasteiger partial charge in [0.2, 0.25) is 5.91 Å². The molecule has 3 amide bonds. The predicted molar refractivity (Wildman–Crippen MR) is 94.4 cm³/mol. The van der Waals surface area contributed by atoms with Crippen LogP contribution in [0.1, 0.15) is 5.69 Å². The van der Waals surface area contributed by atoms with Crippen LogP contribution in [0.25, 0.3) is 10.9 Å². The first-order chi connectivity index (χ1) is 11.9. The molecule has 25 heavy (non-hydrogen) atoms. The van der Waals surface area contributed by atoms with E-state index in [9.17, 15) is 9.59 Å². The fraction of sp³-hybridized carbons (Fsp3) is 0.250. The Balaban J connectivity index is 1.66. The number of H-pyrrole nitrogens is 1. The minimum atomic E-state index is -0.315. The fourth-order valence-electron chi connectivity index (χ4n) is 2.39. The van der Waals surface area contributed by atoms with Crippen LogP contribution in [0.4, 0.5) is 16.3 Å². The summed E-state index contributed by atoms with van der Waals surface area (Å²) in [6.45, 7) is 1.95. The largest absolute Gasteiger partial charge is 0.357 e. The molecule has 0 bridgehead atoms. The molecular formula is C16H19N7O2. The lowest BCUT2D eigenvalue weighted by atomic mass is 10.2. The Bertz CT molecular complexity index is 926. The zero-order valence-corrected chi connectivity index (χ0v) is 14.2. The molecular weight excluding hydrogens is 322 g/mol. The number of rotatable bonds is 4. The van der Waals surface area contributed by atoms with Gasteiger partial charge in [0.25, 0.3) is 0 Å². The van der Waals surface area contributed by atoms with E-state index in [1.165, 1.54) is 15.8 Å². The van der Waals surface area contributed by atoms with E-state index in [0.29, 0.717) is 5.69 Å². The molecule has 3 N–H and O–H groups in total. The summed E-state index contributed by atoms with van der Waals surface area (Å²) in [6, 6.07) is 7.40. The minimum Gasteiger partial charge on any atom is -0.357 e. The molecule has 0 unspecified atom stereocenters. The van der Waals surface area contributed by atoms with Crippen molar-refractivity contribution in [3.63, 3.8) is 0 Å². The Hall–Kier alpha value is -3.36. The molecule has 0 atom stereocenters. The number of aromatic amines is 1. The quantitative estimate of drug-likeness (QED) is 0.672. The number of hydrogen-bond donors (Lipinski definition) is 3. The number of urea groups is 1. The van der Waals surface area contributed by atoms with Crippen LogP contribution in [0.3, 0.4) is 0 Å². The molecule has 9 heteroatoms. The van der Waals surface area contributed by atoms with Gasteiger partial charge in [-0.05, 0) is 19.1 Å². The van der Waals surface area contributed by atoms with E-state index in [-0.39, 0.29) is 24.3 Å². The third-order valence-electron chi connectivity index (χ3n) is 3.55. The maximum Gasteiger partial charge on any atom is 0.322 e. The van der Waals surface area contributed by atoms with Gasteiger partial charge in [-0.1, -0.05) is 17.3 Å². The zero-order chi connectivity index (χ0) is 18.0. The monoisotopic (exact) mass is 341 g/mol. The number of nitrogens with zero attached hydrogens (tertiary/aromatic N) is 4. The van der Waals surface area contributed by atoms with E-state index in [0.717, 1.165) is 16.6 Å².